The summed E-state index contributed by atoms with van der Waals surface area (Å²) >= 11 is 0. The molecule has 0 fully saturated rings. The molecule has 0 aliphatic heterocycles. The average molecular weight is 196 g/mol. The predicted octanol–water partition coefficient (Wildman–Crippen LogP) is -0.0409. The molecule has 0 aliphatic rings. The third-order valence-electron chi connectivity index (χ3n) is 1.93. The number of nitrogen functional groups attached to an aromatic ring is 1. The molecule has 0 aliphatic carbocycles. The van der Waals surface area contributed by atoms with Crippen molar-refractivity contribution in [2.75, 3.05) is 12.3 Å². The van der Waals surface area contributed by atoms with Gasteiger partial charge in [0, 0.05) is 5.69 Å². The average Bonchev–Trinajstić information content (AvgIpc) is 2.17. The standard InChI is InChI=1S/C9H12N2O3/c10-7-2-1-5(9(13)14)3-6(7)8(11)4-12/h1-3,8,12H,4,10-11H2,(H,13,14). The van der Waals surface area contributed by atoms with Gasteiger partial charge in [-0.2, -0.15) is 0 Å². The maximum atomic E-state index is 10.6. The van der Waals surface area contributed by atoms with Crippen molar-refractivity contribution in [1.29, 1.82) is 0 Å². The fraction of sp³-hybridized carbons (Fsp3) is 0.222. The Morgan fingerprint density at radius 2 is 2.14 bits per heavy atom. The lowest BCUT2D eigenvalue weighted by Gasteiger charge is -2.12. The molecule has 0 bridgehead atoms. The van der Waals surface area contributed by atoms with Crippen molar-refractivity contribution >= 4 is 11.7 Å². The molecule has 76 valence electrons. The van der Waals surface area contributed by atoms with Crippen LogP contribution in [-0.4, -0.2) is 22.8 Å². The monoisotopic (exact) mass is 196 g/mol. The third kappa shape index (κ3) is 2.01. The van der Waals surface area contributed by atoms with Gasteiger partial charge in [0.05, 0.1) is 18.2 Å². The summed E-state index contributed by atoms with van der Waals surface area (Å²) in [5.74, 6) is -1.05. The van der Waals surface area contributed by atoms with E-state index in [4.69, 9.17) is 21.7 Å². The molecule has 1 rings (SSSR count). The molecule has 1 aromatic carbocycles. The number of aliphatic hydroxyl groups excluding tert-OH is 1. The van der Waals surface area contributed by atoms with Crippen LogP contribution in [0.3, 0.4) is 0 Å². The minimum absolute atomic E-state index is 0.109. The molecule has 0 amide bonds. The van der Waals surface area contributed by atoms with Crippen LogP contribution in [0.5, 0.6) is 0 Å². The van der Waals surface area contributed by atoms with E-state index in [9.17, 15) is 4.79 Å². The number of hydrogen-bond acceptors (Lipinski definition) is 4. The van der Waals surface area contributed by atoms with Crippen molar-refractivity contribution in [3.63, 3.8) is 0 Å². The highest BCUT2D eigenvalue weighted by molar-refractivity contribution is 5.88. The second kappa shape index (κ2) is 4.08. The first-order chi connectivity index (χ1) is 6.56. The van der Waals surface area contributed by atoms with E-state index in [0.717, 1.165) is 0 Å². The van der Waals surface area contributed by atoms with E-state index in [1.54, 1.807) is 0 Å². The Morgan fingerprint density at radius 3 is 2.64 bits per heavy atom. The zero-order valence-corrected chi connectivity index (χ0v) is 7.47. The van der Waals surface area contributed by atoms with E-state index in [1.807, 2.05) is 0 Å². The van der Waals surface area contributed by atoms with Gasteiger partial charge in [-0.3, -0.25) is 0 Å². The van der Waals surface area contributed by atoms with Crippen molar-refractivity contribution < 1.29 is 15.0 Å². The molecule has 5 heteroatoms. The summed E-state index contributed by atoms with van der Waals surface area (Å²) in [5, 5.41) is 17.5. The summed E-state index contributed by atoms with van der Waals surface area (Å²) in [7, 11) is 0. The Bertz CT molecular complexity index is 352. The van der Waals surface area contributed by atoms with Crippen molar-refractivity contribution in [1.82, 2.24) is 0 Å². The largest absolute Gasteiger partial charge is 0.478 e. The number of carboxylic acids is 1. The van der Waals surface area contributed by atoms with Crippen LogP contribution in [0.1, 0.15) is 22.0 Å². The second-order valence-electron chi connectivity index (χ2n) is 2.94. The molecule has 1 aromatic rings. The fourth-order valence-electron chi connectivity index (χ4n) is 1.13. The van der Waals surface area contributed by atoms with Gasteiger partial charge in [-0.15, -0.1) is 0 Å². The lowest BCUT2D eigenvalue weighted by atomic mass is 10.0. The number of anilines is 1. The quantitative estimate of drug-likeness (QED) is 0.507. The Labute approximate surface area is 81.0 Å². The number of carbonyl (C=O) groups is 1. The molecule has 0 heterocycles. The summed E-state index contributed by atoms with van der Waals surface area (Å²) in [4.78, 5) is 10.6. The van der Waals surface area contributed by atoms with E-state index in [-0.39, 0.29) is 12.2 Å². The zero-order chi connectivity index (χ0) is 10.7. The Morgan fingerprint density at radius 1 is 1.50 bits per heavy atom. The number of aliphatic hydroxyl groups is 1. The summed E-state index contributed by atoms with van der Waals surface area (Å²) in [6.07, 6.45) is 0. The van der Waals surface area contributed by atoms with Crippen LogP contribution in [0.15, 0.2) is 18.2 Å². The van der Waals surface area contributed by atoms with Crippen molar-refractivity contribution in [2.24, 2.45) is 5.73 Å². The van der Waals surface area contributed by atoms with Crippen LogP contribution in [0.25, 0.3) is 0 Å². The van der Waals surface area contributed by atoms with Crippen molar-refractivity contribution in [3.8, 4) is 0 Å². The van der Waals surface area contributed by atoms with Crippen LogP contribution >= 0.6 is 0 Å². The first-order valence-corrected chi connectivity index (χ1v) is 4.05. The number of benzene rings is 1. The van der Waals surface area contributed by atoms with E-state index in [2.05, 4.69) is 0 Å². The topological polar surface area (TPSA) is 110 Å². The van der Waals surface area contributed by atoms with Crippen molar-refractivity contribution in [3.05, 3.63) is 29.3 Å². The molecule has 6 N–H and O–H groups in total. The molecular formula is C9H12N2O3. The number of nitrogens with two attached hydrogens (primary N) is 2. The normalized spacial score (nSPS) is 12.4. The maximum Gasteiger partial charge on any atom is 0.335 e. The van der Waals surface area contributed by atoms with Gasteiger partial charge in [-0.25, -0.2) is 4.79 Å². The molecule has 1 atom stereocenters. The first kappa shape index (κ1) is 10.5. The Kier molecular flexibility index (Phi) is 3.06. The first-order valence-electron chi connectivity index (χ1n) is 4.05. The van der Waals surface area contributed by atoms with Gasteiger partial charge < -0.3 is 21.7 Å². The molecule has 0 radical (unpaired) electrons. The van der Waals surface area contributed by atoms with Gasteiger partial charge in [0.25, 0.3) is 0 Å². The highest BCUT2D eigenvalue weighted by Crippen LogP contribution is 2.19. The molecule has 0 saturated carbocycles. The Hall–Kier alpha value is -1.59. The van der Waals surface area contributed by atoms with E-state index < -0.39 is 12.0 Å². The number of hydrogen-bond donors (Lipinski definition) is 4. The number of carboxylic acid groups (broad SMARTS) is 1. The molecule has 0 aromatic heterocycles. The summed E-state index contributed by atoms with van der Waals surface area (Å²) in [6.45, 7) is -0.271. The highest BCUT2D eigenvalue weighted by Gasteiger charge is 2.11. The van der Waals surface area contributed by atoms with Gasteiger partial charge in [0.15, 0.2) is 0 Å². The summed E-state index contributed by atoms with van der Waals surface area (Å²) in [6, 6.07) is 3.59. The van der Waals surface area contributed by atoms with Crippen LogP contribution in [0.2, 0.25) is 0 Å². The van der Waals surface area contributed by atoms with Gasteiger partial charge in [-0.05, 0) is 23.8 Å². The summed E-state index contributed by atoms with van der Waals surface area (Å²) in [5.41, 5.74) is 12.1. The molecule has 5 nitrogen and oxygen atoms in total. The molecule has 0 saturated heterocycles. The zero-order valence-electron chi connectivity index (χ0n) is 7.47. The van der Waals surface area contributed by atoms with Gasteiger partial charge in [0.2, 0.25) is 0 Å². The number of aromatic carboxylic acids is 1. The van der Waals surface area contributed by atoms with Crippen molar-refractivity contribution in [2.45, 2.75) is 6.04 Å². The SMILES string of the molecule is Nc1ccc(C(=O)O)cc1C(N)CO. The molecule has 0 spiro atoms. The van der Waals surface area contributed by atoms with Gasteiger partial charge in [0.1, 0.15) is 0 Å². The Balaban J connectivity index is 3.14. The summed E-state index contributed by atoms with van der Waals surface area (Å²) < 4.78 is 0. The second-order valence-corrected chi connectivity index (χ2v) is 2.94. The van der Waals surface area contributed by atoms with Gasteiger partial charge in [-0.1, -0.05) is 0 Å². The molecular weight excluding hydrogens is 184 g/mol. The van der Waals surface area contributed by atoms with E-state index in [1.165, 1.54) is 18.2 Å². The lowest BCUT2D eigenvalue weighted by molar-refractivity contribution is 0.0696. The van der Waals surface area contributed by atoms with Crippen LogP contribution in [0, 0.1) is 0 Å². The number of rotatable bonds is 3. The maximum absolute atomic E-state index is 10.6. The van der Waals surface area contributed by atoms with Gasteiger partial charge >= 0.3 is 5.97 Å². The van der Waals surface area contributed by atoms with Crippen LogP contribution < -0.4 is 11.5 Å². The molecule has 14 heavy (non-hydrogen) atoms. The highest BCUT2D eigenvalue weighted by atomic mass is 16.4. The van der Waals surface area contributed by atoms with E-state index in [0.29, 0.717) is 11.3 Å². The third-order valence-corrected chi connectivity index (χ3v) is 1.93. The lowest BCUT2D eigenvalue weighted by Crippen LogP contribution is -2.17. The van der Waals surface area contributed by atoms with E-state index >= 15 is 0 Å². The fourth-order valence-corrected chi connectivity index (χ4v) is 1.13. The van der Waals surface area contributed by atoms with Crippen LogP contribution in [0.4, 0.5) is 5.69 Å². The minimum Gasteiger partial charge on any atom is -0.478 e. The molecule has 1 unspecified atom stereocenters. The smallest absolute Gasteiger partial charge is 0.335 e. The van der Waals surface area contributed by atoms with Crippen LogP contribution in [-0.2, 0) is 0 Å². The predicted molar refractivity (Wildman–Crippen MR) is 51.8 cm³/mol. The minimum atomic E-state index is -1.05.